The molecular formula is C14H19N3O6. The lowest BCUT2D eigenvalue weighted by atomic mass is 10.2. The molecule has 0 saturated heterocycles. The van der Waals surface area contributed by atoms with Gasteiger partial charge in [-0.1, -0.05) is 0 Å². The van der Waals surface area contributed by atoms with Crippen LogP contribution in [0.4, 0.5) is 11.4 Å². The Hall–Kier alpha value is -2.68. The Bertz CT molecular complexity index is 576. The lowest BCUT2D eigenvalue weighted by molar-refractivity contribution is -0.384. The number of nitrogens with zero attached hydrogens (tertiary/aromatic N) is 1. The van der Waals surface area contributed by atoms with E-state index in [-0.39, 0.29) is 23.7 Å². The zero-order valence-corrected chi connectivity index (χ0v) is 12.7. The van der Waals surface area contributed by atoms with Crippen molar-refractivity contribution >= 4 is 23.2 Å². The minimum atomic E-state index is -0.890. The Morgan fingerprint density at radius 1 is 1.26 bits per heavy atom. The first-order chi connectivity index (χ1) is 11.0. The van der Waals surface area contributed by atoms with Crippen LogP contribution in [0.5, 0.6) is 5.75 Å². The number of carbonyl (C=O) groups is 2. The van der Waals surface area contributed by atoms with Crippen LogP contribution in [0.15, 0.2) is 18.2 Å². The van der Waals surface area contributed by atoms with Crippen molar-refractivity contribution in [2.45, 2.75) is 19.3 Å². The number of unbranched alkanes of at least 4 members (excludes halogenated alkanes) is 2. The van der Waals surface area contributed by atoms with Gasteiger partial charge >= 0.3 is 11.8 Å². The van der Waals surface area contributed by atoms with Crippen molar-refractivity contribution in [2.24, 2.45) is 0 Å². The number of aliphatic hydroxyl groups is 1. The van der Waals surface area contributed by atoms with E-state index in [1.807, 2.05) is 0 Å². The molecule has 0 radical (unpaired) electrons. The summed E-state index contributed by atoms with van der Waals surface area (Å²) in [7, 11) is 1.30. The highest BCUT2D eigenvalue weighted by atomic mass is 16.6. The maximum atomic E-state index is 11.8. The molecule has 1 aromatic carbocycles. The molecule has 126 valence electrons. The molecule has 0 bridgehead atoms. The number of carbonyl (C=O) groups excluding carboxylic acids is 2. The number of ether oxygens (including phenoxy) is 1. The molecule has 1 aromatic rings. The van der Waals surface area contributed by atoms with Gasteiger partial charge in [0, 0.05) is 19.2 Å². The lowest BCUT2D eigenvalue weighted by Gasteiger charge is -2.10. The zero-order valence-electron chi connectivity index (χ0n) is 12.7. The molecule has 0 aliphatic heterocycles. The topological polar surface area (TPSA) is 131 Å². The first kappa shape index (κ1) is 18.4. The SMILES string of the molecule is COc1cc([N+](=O)[O-])ccc1NC(=O)C(=O)NCCCCCO. The molecule has 0 spiro atoms. The van der Waals surface area contributed by atoms with Crippen molar-refractivity contribution in [1.29, 1.82) is 0 Å². The molecular weight excluding hydrogens is 306 g/mol. The van der Waals surface area contributed by atoms with Gasteiger partial charge in [-0.2, -0.15) is 0 Å². The first-order valence-electron chi connectivity index (χ1n) is 7.02. The van der Waals surface area contributed by atoms with Crippen molar-refractivity contribution in [3.63, 3.8) is 0 Å². The highest BCUT2D eigenvalue weighted by Gasteiger charge is 2.17. The molecule has 0 aromatic heterocycles. The van der Waals surface area contributed by atoms with Crippen molar-refractivity contribution in [3.8, 4) is 5.75 Å². The van der Waals surface area contributed by atoms with E-state index in [4.69, 9.17) is 9.84 Å². The van der Waals surface area contributed by atoms with Crippen LogP contribution < -0.4 is 15.4 Å². The summed E-state index contributed by atoms with van der Waals surface area (Å²) in [6.07, 6.45) is 2.04. The summed E-state index contributed by atoms with van der Waals surface area (Å²) in [5.41, 5.74) is -0.0216. The van der Waals surface area contributed by atoms with Crippen LogP contribution in [-0.2, 0) is 9.59 Å². The highest BCUT2D eigenvalue weighted by Crippen LogP contribution is 2.28. The van der Waals surface area contributed by atoms with Crippen LogP contribution in [0.1, 0.15) is 19.3 Å². The third-order valence-electron chi connectivity index (χ3n) is 2.97. The quantitative estimate of drug-likeness (QED) is 0.281. The molecule has 3 N–H and O–H groups in total. The van der Waals surface area contributed by atoms with E-state index in [2.05, 4.69) is 10.6 Å². The summed E-state index contributed by atoms with van der Waals surface area (Å²) in [6.45, 7) is 0.415. The number of anilines is 1. The van der Waals surface area contributed by atoms with Crippen molar-refractivity contribution in [3.05, 3.63) is 28.3 Å². The number of amides is 2. The molecule has 0 fully saturated rings. The third-order valence-corrected chi connectivity index (χ3v) is 2.97. The molecule has 0 aliphatic rings. The van der Waals surface area contributed by atoms with Gasteiger partial charge in [-0.25, -0.2) is 0 Å². The third kappa shape index (κ3) is 5.91. The Labute approximate surface area is 132 Å². The second kappa shape index (κ2) is 9.36. The number of benzene rings is 1. The normalized spacial score (nSPS) is 10.0. The Morgan fingerprint density at radius 3 is 2.61 bits per heavy atom. The summed E-state index contributed by atoms with van der Waals surface area (Å²) in [5.74, 6) is -1.61. The number of nitrogens with one attached hydrogen (secondary N) is 2. The van der Waals surface area contributed by atoms with Gasteiger partial charge in [0.05, 0.1) is 23.8 Å². The van der Waals surface area contributed by atoms with Gasteiger partial charge in [0.15, 0.2) is 0 Å². The fourth-order valence-corrected chi connectivity index (χ4v) is 1.77. The zero-order chi connectivity index (χ0) is 17.2. The second-order valence-corrected chi connectivity index (χ2v) is 4.64. The lowest BCUT2D eigenvalue weighted by Crippen LogP contribution is -2.36. The van der Waals surface area contributed by atoms with Gasteiger partial charge in [0.1, 0.15) is 5.75 Å². The first-order valence-corrected chi connectivity index (χ1v) is 7.02. The number of nitro benzene ring substituents is 1. The number of nitro groups is 1. The average Bonchev–Trinajstić information content (AvgIpc) is 2.54. The van der Waals surface area contributed by atoms with E-state index < -0.39 is 16.7 Å². The van der Waals surface area contributed by atoms with E-state index in [1.165, 1.54) is 19.2 Å². The van der Waals surface area contributed by atoms with Crippen LogP contribution in [0.25, 0.3) is 0 Å². The standard InChI is InChI=1S/C14H19N3O6/c1-23-12-9-10(17(21)22)5-6-11(12)16-14(20)13(19)15-7-3-2-4-8-18/h5-6,9,18H,2-4,7-8H2,1H3,(H,15,19)(H,16,20). The minimum Gasteiger partial charge on any atom is -0.494 e. The van der Waals surface area contributed by atoms with E-state index in [9.17, 15) is 19.7 Å². The number of rotatable bonds is 8. The van der Waals surface area contributed by atoms with E-state index in [0.717, 1.165) is 12.5 Å². The predicted octanol–water partition coefficient (Wildman–Crippen LogP) is 0.821. The maximum absolute atomic E-state index is 11.8. The van der Waals surface area contributed by atoms with Crippen molar-refractivity contribution in [1.82, 2.24) is 5.32 Å². The molecule has 23 heavy (non-hydrogen) atoms. The maximum Gasteiger partial charge on any atom is 0.313 e. The van der Waals surface area contributed by atoms with Crippen molar-refractivity contribution in [2.75, 3.05) is 25.6 Å². The van der Waals surface area contributed by atoms with E-state index >= 15 is 0 Å². The molecule has 0 unspecified atom stereocenters. The molecule has 1 rings (SSSR count). The Kier molecular flexibility index (Phi) is 7.48. The van der Waals surface area contributed by atoms with E-state index in [1.54, 1.807) is 0 Å². The largest absolute Gasteiger partial charge is 0.494 e. The van der Waals surface area contributed by atoms with Crippen LogP contribution in [0.2, 0.25) is 0 Å². The molecule has 9 nitrogen and oxygen atoms in total. The second-order valence-electron chi connectivity index (χ2n) is 4.64. The smallest absolute Gasteiger partial charge is 0.313 e. The van der Waals surface area contributed by atoms with Crippen LogP contribution in [0, 0.1) is 10.1 Å². The molecule has 0 heterocycles. The number of non-ortho nitro benzene ring substituents is 1. The van der Waals surface area contributed by atoms with Gasteiger partial charge < -0.3 is 20.5 Å². The van der Waals surface area contributed by atoms with Crippen molar-refractivity contribution < 1.29 is 24.4 Å². The number of methoxy groups -OCH3 is 1. The fraction of sp³-hybridized carbons (Fsp3) is 0.429. The molecule has 2 amide bonds. The van der Waals surface area contributed by atoms with E-state index in [0.29, 0.717) is 19.4 Å². The van der Waals surface area contributed by atoms with Gasteiger partial charge in [0.2, 0.25) is 0 Å². The molecule has 0 aliphatic carbocycles. The summed E-state index contributed by atoms with van der Waals surface area (Å²) in [6, 6.07) is 3.65. The van der Waals surface area contributed by atoms with Crippen LogP contribution >= 0.6 is 0 Å². The number of hydrogen-bond acceptors (Lipinski definition) is 6. The molecule has 0 atom stereocenters. The monoisotopic (exact) mass is 325 g/mol. The number of hydrogen-bond donors (Lipinski definition) is 3. The average molecular weight is 325 g/mol. The number of aliphatic hydroxyl groups excluding tert-OH is 1. The summed E-state index contributed by atoms with van der Waals surface area (Å²) >= 11 is 0. The molecule has 0 saturated carbocycles. The Balaban J connectivity index is 2.59. The summed E-state index contributed by atoms with van der Waals surface area (Å²) in [4.78, 5) is 33.5. The van der Waals surface area contributed by atoms with Crippen LogP contribution in [-0.4, -0.2) is 42.1 Å². The van der Waals surface area contributed by atoms with Gasteiger partial charge in [0.25, 0.3) is 5.69 Å². The van der Waals surface area contributed by atoms with Crippen LogP contribution in [0.3, 0.4) is 0 Å². The summed E-state index contributed by atoms with van der Waals surface area (Å²) < 4.78 is 4.97. The summed E-state index contributed by atoms with van der Waals surface area (Å²) in [5, 5.41) is 24.1. The van der Waals surface area contributed by atoms with Gasteiger partial charge in [-0.15, -0.1) is 0 Å². The fourth-order valence-electron chi connectivity index (χ4n) is 1.77. The van der Waals surface area contributed by atoms with Gasteiger partial charge in [-0.05, 0) is 25.3 Å². The van der Waals surface area contributed by atoms with Gasteiger partial charge in [-0.3, -0.25) is 19.7 Å². The Morgan fingerprint density at radius 2 is 2.00 bits per heavy atom. The molecule has 9 heteroatoms. The predicted molar refractivity (Wildman–Crippen MR) is 82.2 cm³/mol. The minimum absolute atomic E-state index is 0.0864. The highest BCUT2D eigenvalue weighted by molar-refractivity contribution is 6.39.